The van der Waals surface area contributed by atoms with E-state index in [4.69, 9.17) is 35.4 Å². The minimum Gasteiger partial charge on any atom is -0.329 e. The van der Waals surface area contributed by atoms with Crippen LogP contribution in [0.15, 0.2) is 30.7 Å². The van der Waals surface area contributed by atoms with E-state index in [2.05, 4.69) is 15.1 Å². The Morgan fingerprint density at radius 2 is 2.00 bits per heavy atom. The molecule has 0 aliphatic rings. The summed E-state index contributed by atoms with van der Waals surface area (Å²) >= 11 is 17.4. The Balaban J connectivity index is 2.07. The second-order valence-electron chi connectivity index (χ2n) is 4.00. The van der Waals surface area contributed by atoms with Crippen molar-refractivity contribution in [2.24, 2.45) is 0 Å². The van der Waals surface area contributed by atoms with E-state index in [0.29, 0.717) is 26.9 Å². The normalized spacial score (nSPS) is 11.1. The third-order valence-electron chi connectivity index (χ3n) is 2.76. The maximum absolute atomic E-state index is 6.14. The van der Waals surface area contributed by atoms with Gasteiger partial charge in [-0.15, -0.1) is 0 Å². The fraction of sp³-hybridized carbons (Fsp3) is 0.0833. The van der Waals surface area contributed by atoms with Crippen LogP contribution in [-0.4, -0.2) is 19.7 Å². The molecule has 0 bridgehead atoms. The molecule has 3 rings (SSSR count). The molecule has 2 aromatic heterocycles. The molecule has 1 N–H and O–H groups in total. The van der Waals surface area contributed by atoms with Crippen LogP contribution in [0.4, 0.5) is 0 Å². The van der Waals surface area contributed by atoms with E-state index in [0.717, 1.165) is 10.9 Å². The fourth-order valence-corrected chi connectivity index (χ4v) is 2.55. The van der Waals surface area contributed by atoms with Crippen LogP contribution in [0.3, 0.4) is 0 Å². The van der Waals surface area contributed by atoms with Crippen LogP contribution < -0.4 is 0 Å². The zero-order valence-electron chi connectivity index (χ0n) is 9.60. The molecule has 0 amide bonds. The van der Waals surface area contributed by atoms with Gasteiger partial charge in [-0.05, 0) is 12.1 Å². The van der Waals surface area contributed by atoms with Gasteiger partial charge in [-0.2, -0.15) is 5.10 Å². The van der Waals surface area contributed by atoms with Gasteiger partial charge in [0.2, 0.25) is 0 Å². The number of nitrogens with one attached hydrogen (secondary N) is 1. The highest BCUT2D eigenvalue weighted by atomic mass is 35.5. The van der Waals surface area contributed by atoms with Gasteiger partial charge in [0.05, 0.1) is 18.3 Å². The topological polar surface area (TPSA) is 46.5 Å². The van der Waals surface area contributed by atoms with Crippen molar-refractivity contribution < 1.29 is 0 Å². The van der Waals surface area contributed by atoms with Crippen LogP contribution in [0.5, 0.6) is 0 Å². The quantitative estimate of drug-likeness (QED) is 0.731. The Hall–Kier alpha value is -1.43. The van der Waals surface area contributed by atoms with Gasteiger partial charge >= 0.3 is 0 Å². The summed E-state index contributed by atoms with van der Waals surface area (Å²) in [6, 6.07) is 5.42. The average molecular weight is 311 g/mol. The third-order valence-corrected chi connectivity index (χ3v) is 3.79. The second-order valence-corrected chi connectivity index (χ2v) is 5.20. The third kappa shape index (κ3) is 2.36. The summed E-state index contributed by atoms with van der Waals surface area (Å²) in [5.41, 5.74) is 1.53. The number of hydrogen-bond donors (Lipinski definition) is 1. The zero-order valence-corrected chi connectivity index (χ0v) is 11.9. The molecular weight excluding hydrogens is 303 g/mol. The summed E-state index contributed by atoms with van der Waals surface area (Å²) in [5, 5.41) is 6.43. The molecule has 3 aromatic rings. The fourth-order valence-electron chi connectivity index (χ4n) is 1.83. The number of rotatable bonds is 2. The van der Waals surface area contributed by atoms with Crippen molar-refractivity contribution in [1.29, 1.82) is 0 Å². The summed E-state index contributed by atoms with van der Waals surface area (Å²) in [6.07, 6.45) is 3.37. The number of hydrogen-bond acceptors (Lipinski definition) is 3. The van der Waals surface area contributed by atoms with Crippen LogP contribution in [0.2, 0.25) is 10.0 Å². The van der Waals surface area contributed by atoms with Crippen LogP contribution in [-0.2, 0) is 6.54 Å². The van der Waals surface area contributed by atoms with Gasteiger partial charge in [-0.1, -0.05) is 41.5 Å². The minimum atomic E-state index is 0.482. The molecule has 7 heteroatoms. The van der Waals surface area contributed by atoms with E-state index in [9.17, 15) is 0 Å². The lowest BCUT2D eigenvalue weighted by Gasteiger charge is -2.06. The molecule has 0 unspecified atom stereocenters. The van der Waals surface area contributed by atoms with Gasteiger partial charge in [0.25, 0.3) is 0 Å². The molecule has 0 saturated carbocycles. The van der Waals surface area contributed by atoms with Crippen molar-refractivity contribution >= 4 is 46.5 Å². The van der Waals surface area contributed by atoms with Crippen LogP contribution in [0.1, 0.15) is 5.56 Å². The summed E-state index contributed by atoms with van der Waals surface area (Å²) in [5.74, 6) is 0. The maximum Gasteiger partial charge on any atom is 0.163 e. The number of fused-ring (bicyclic) bond motifs is 1. The molecule has 96 valence electrons. The number of H-pyrrole nitrogens is 1. The van der Waals surface area contributed by atoms with Crippen molar-refractivity contribution in [3.05, 3.63) is 51.0 Å². The van der Waals surface area contributed by atoms with E-state index < -0.39 is 0 Å². The molecule has 0 saturated heterocycles. The highest BCUT2D eigenvalue weighted by Crippen LogP contribution is 2.25. The molecule has 0 aliphatic carbocycles. The molecule has 0 aliphatic heterocycles. The minimum absolute atomic E-state index is 0.482. The van der Waals surface area contributed by atoms with E-state index in [1.54, 1.807) is 16.8 Å². The molecule has 1 aromatic carbocycles. The standard InChI is InChI=1S/C12H8Cl2N4S/c13-9-2-1-3-10(14)7(9)4-18-5-8-11(17-18)15-6-16-12(8)19/h1-3,5-6H,4H2,(H,15,16,17,19). The van der Waals surface area contributed by atoms with Gasteiger partial charge in [0, 0.05) is 21.8 Å². The van der Waals surface area contributed by atoms with Gasteiger partial charge in [-0.3, -0.25) is 4.68 Å². The Morgan fingerprint density at radius 3 is 2.68 bits per heavy atom. The monoisotopic (exact) mass is 310 g/mol. The summed E-state index contributed by atoms with van der Waals surface area (Å²) < 4.78 is 2.26. The maximum atomic E-state index is 6.14. The summed E-state index contributed by atoms with van der Waals surface area (Å²) in [4.78, 5) is 6.97. The molecular formula is C12H8Cl2N4S. The van der Waals surface area contributed by atoms with Gasteiger partial charge < -0.3 is 4.98 Å². The van der Waals surface area contributed by atoms with E-state index in [-0.39, 0.29) is 0 Å². The Kier molecular flexibility index (Phi) is 3.26. The van der Waals surface area contributed by atoms with Gasteiger partial charge in [-0.25, -0.2) is 4.98 Å². The molecule has 4 nitrogen and oxygen atoms in total. The molecule has 19 heavy (non-hydrogen) atoms. The molecule has 0 spiro atoms. The lowest BCUT2D eigenvalue weighted by molar-refractivity contribution is 0.693. The lowest BCUT2D eigenvalue weighted by Crippen LogP contribution is -2.01. The Morgan fingerprint density at radius 1 is 1.26 bits per heavy atom. The van der Waals surface area contributed by atoms with Crippen molar-refractivity contribution in [3.63, 3.8) is 0 Å². The predicted molar refractivity (Wildman–Crippen MR) is 78.3 cm³/mol. The second kappa shape index (κ2) is 4.92. The van der Waals surface area contributed by atoms with Gasteiger partial charge in [0.15, 0.2) is 5.65 Å². The molecule has 2 heterocycles. The van der Waals surface area contributed by atoms with E-state index >= 15 is 0 Å². The van der Waals surface area contributed by atoms with Crippen LogP contribution in [0.25, 0.3) is 11.0 Å². The van der Waals surface area contributed by atoms with E-state index in [1.165, 1.54) is 6.33 Å². The lowest BCUT2D eigenvalue weighted by atomic mass is 10.2. The number of halogens is 2. The predicted octanol–water partition coefficient (Wildman–Crippen LogP) is 3.84. The van der Waals surface area contributed by atoms with Crippen LogP contribution in [0, 0.1) is 4.64 Å². The van der Waals surface area contributed by atoms with Gasteiger partial charge in [0.1, 0.15) is 4.64 Å². The molecule has 0 radical (unpaired) electrons. The Labute approximate surface area is 124 Å². The highest BCUT2D eigenvalue weighted by molar-refractivity contribution is 7.71. The number of benzene rings is 1. The van der Waals surface area contributed by atoms with E-state index in [1.807, 2.05) is 12.3 Å². The first-order valence-corrected chi connectivity index (χ1v) is 6.65. The summed E-state index contributed by atoms with van der Waals surface area (Å²) in [6.45, 7) is 0.482. The van der Waals surface area contributed by atoms with Crippen molar-refractivity contribution in [2.75, 3.05) is 0 Å². The largest absolute Gasteiger partial charge is 0.329 e. The number of nitrogens with zero attached hydrogens (tertiary/aromatic N) is 3. The Bertz CT molecular complexity index is 789. The molecule has 0 fully saturated rings. The molecule has 0 atom stereocenters. The first kappa shape index (κ1) is 12.6. The van der Waals surface area contributed by atoms with Crippen molar-refractivity contribution in [1.82, 2.24) is 19.7 Å². The summed E-state index contributed by atoms with van der Waals surface area (Å²) in [7, 11) is 0. The highest BCUT2D eigenvalue weighted by Gasteiger charge is 2.08. The van der Waals surface area contributed by atoms with Crippen LogP contribution >= 0.6 is 35.4 Å². The number of aromatic amines is 1. The van der Waals surface area contributed by atoms with Crippen molar-refractivity contribution in [3.8, 4) is 0 Å². The SMILES string of the molecule is S=c1nc[nH]c2nn(Cc3c(Cl)cccc3Cl)cc12. The zero-order chi connectivity index (χ0) is 13.4. The first-order valence-electron chi connectivity index (χ1n) is 5.49. The number of aromatic nitrogens is 4. The first-order chi connectivity index (χ1) is 9.15. The smallest absolute Gasteiger partial charge is 0.163 e. The average Bonchev–Trinajstić information content (AvgIpc) is 2.78. The van der Waals surface area contributed by atoms with Crippen molar-refractivity contribution in [2.45, 2.75) is 6.54 Å².